The Morgan fingerprint density at radius 1 is 0.886 bits per heavy atom. The van der Waals surface area contributed by atoms with E-state index < -0.39 is 0 Å². The van der Waals surface area contributed by atoms with Crippen LogP contribution in [0.4, 0.5) is 0 Å². The van der Waals surface area contributed by atoms with Crippen molar-refractivity contribution in [3.63, 3.8) is 0 Å². The van der Waals surface area contributed by atoms with Gasteiger partial charge in [0.05, 0.1) is 34.0 Å². The van der Waals surface area contributed by atoms with E-state index in [-0.39, 0.29) is 23.6 Å². The van der Waals surface area contributed by atoms with Crippen LogP contribution in [-0.4, -0.2) is 36.9 Å². The summed E-state index contributed by atoms with van der Waals surface area (Å²) >= 11 is 0. The molecule has 5 aromatic rings. The molecule has 5 rings (SSSR count). The number of nitrogens with one attached hydrogen (secondary N) is 1. The van der Waals surface area contributed by atoms with E-state index in [2.05, 4.69) is 15.0 Å². The first-order chi connectivity index (χ1) is 17.0. The lowest BCUT2D eigenvalue weighted by atomic mass is 10.1. The monoisotopic (exact) mass is 465 g/mol. The number of hydrogen-bond acceptors (Lipinski definition) is 5. The number of aromatic amines is 1. The van der Waals surface area contributed by atoms with Crippen LogP contribution in [0, 0.1) is 6.92 Å². The number of para-hydroxylation sites is 2. The summed E-state index contributed by atoms with van der Waals surface area (Å²) < 4.78 is 1.54. The van der Waals surface area contributed by atoms with Gasteiger partial charge in [0.25, 0.3) is 17.0 Å². The van der Waals surface area contributed by atoms with Gasteiger partial charge in [-0.2, -0.15) is 0 Å². The minimum Gasteiger partial charge on any atom is -0.331 e. The summed E-state index contributed by atoms with van der Waals surface area (Å²) in [7, 11) is 0. The predicted molar refractivity (Wildman–Crippen MR) is 135 cm³/mol. The van der Waals surface area contributed by atoms with Gasteiger partial charge in [-0.15, -0.1) is 0 Å². The summed E-state index contributed by atoms with van der Waals surface area (Å²) in [5, 5.41) is 1.04. The number of amides is 1. The number of H-pyrrole nitrogens is 1. The molecule has 0 fully saturated rings. The lowest BCUT2D eigenvalue weighted by molar-refractivity contribution is 0.0748. The summed E-state index contributed by atoms with van der Waals surface area (Å²) in [5.74, 6) is 0.787. The second kappa shape index (κ2) is 8.98. The fourth-order valence-electron chi connectivity index (χ4n) is 4.20. The maximum Gasteiger partial charge on any atom is 0.265 e. The highest BCUT2D eigenvalue weighted by Crippen LogP contribution is 2.15. The Balaban J connectivity index is 1.43. The molecule has 1 N–H and O–H groups in total. The van der Waals surface area contributed by atoms with Crippen LogP contribution in [0.2, 0.25) is 0 Å². The number of carbonyl (C=O) groups excluding carboxylic acids is 1. The largest absolute Gasteiger partial charge is 0.331 e. The van der Waals surface area contributed by atoms with Crippen molar-refractivity contribution in [3.8, 4) is 5.69 Å². The Hall–Kier alpha value is -4.59. The van der Waals surface area contributed by atoms with Crippen LogP contribution in [0.25, 0.3) is 27.5 Å². The van der Waals surface area contributed by atoms with Crippen molar-refractivity contribution in [1.82, 2.24) is 24.4 Å². The zero-order chi connectivity index (χ0) is 24.5. The van der Waals surface area contributed by atoms with Crippen LogP contribution < -0.4 is 11.1 Å². The number of aromatic nitrogens is 4. The first kappa shape index (κ1) is 22.2. The van der Waals surface area contributed by atoms with Gasteiger partial charge in [-0.3, -0.25) is 19.0 Å². The third kappa shape index (κ3) is 4.10. The molecule has 8 heteroatoms. The maximum atomic E-state index is 13.2. The molecule has 1 amide bonds. The minimum absolute atomic E-state index is 0.159. The molecule has 0 aliphatic rings. The van der Waals surface area contributed by atoms with Crippen LogP contribution in [-0.2, 0) is 6.54 Å². The lowest BCUT2D eigenvalue weighted by Gasteiger charge is -2.21. The molecule has 2 heterocycles. The molecule has 0 atom stereocenters. The van der Waals surface area contributed by atoms with Gasteiger partial charge in [0.15, 0.2) is 0 Å². The molecule has 0 radical (unpaired) electrons. The molecule has 35 heavy (non-hydrogen) atoms. The third-order valence-corrected chi connectivity index (χ3v) is 5.99. The van der Waals surface area contributed by atoms with Crippen molar-refractivity contribution in [1.29, 1.82) is 0 Å². The Morgan fingerprint density at radius 2 is 1.51 bits per heavy atom. The van der Waals surface area contributed by atoms with Crippen molar-refractivity contribution < 1.29 is 4.79 Å². The van der Waals surface area contributed by atoms with E-state index in [0.29, 0.717) is 51.3 Å². The number of carbonyl (C=O) groups is 1. The normalized spacial score (nSPS) is 11.1. The Kier molecular flexibility index (Phi) is 5.70. The van der Waals surface area contributed by atoms with E-state index in [1.807, 2.05) is 31.2 Å². The summed E-state index contributed by atoms with van der Waals surface area (Å²) in [4.78, 5) is 52.1. The molecule has 8 nitrogen and oxygen atoms in total. The minimum atomic E-state index is -0.233. The molecule has 174 valence electrons. The van der Waals surface area contributed by atoms with Gasteiger partial charge >= 0.3 is 0 Å². The van der Waals surface area contributed by atoms with E-state index >= 15 is 0 Å². The zero-order valence-corrected chi connectivity index (χ0v) is 19.4. The smallest absolute Gasteiger partial charge is 0.265 e. The molecule has 0 bridgehead atoms. The van der Waals surface area contributed by atoms with Crippen molar-refractivity contribution in [2.75, 3.05) is 6.54 Å². The highest BCUT2D eigenvalue weighted by molar-refractivity contribution is 5.94. The first-order valence-corrected chi connectivity index (χ1v) is 11.3. The fourth-order valence-corrected chi connectivity index (χ4v) is 4.20. The summed E-state index contributed by atoms with van der Waals surface area (Å²) in [5.41, 5.74) is 1.95. The van der Waals surface area contributed by atoms with Crippen LogP contribution in [0.1, 0.15) is 28.9 Å². The van der Waals surface area contributed by atoms with Gasteiger partial charge in [-0.25, -0.2) is 9.97 Å². The van der Waals surface area contributed by atoms with E-state index in [9.17, 15) is 14.4 Å². The van der Waals surface area contributed by atoms with Gasteiger partial charge in [0.2, 0.25) is 0 Å². The van der Waals surface area contributed by atoms with Crippen LogP contribution in [0.15, 0.2) is 82.4 Å². The Bertz CT molecular complexity index is 1690. The summed E-state index contributed by atoms with van der Waals surface area (Å²) in [6.45, 7) is 4.26. The van der Waals surface area contributed by atoms with Gasteiger partial charge in [-0.05, 0) is 62.4 Å². The molecule has 0 aliphatic heterocycles. The number of hydrogen-bond donors (Lipinski definition) is 1. The van der Waals surface area contributed by atoms with Crippen molar-refractivity contribution >= 4 is 27.7 Å². The molecule has 0 saturated heterocycles. The molecule has 0 saturated carbocycles. The van der Waals surface area contributed by atoms with Crippen LogP contribution in [0.5, 0.6) is 0 Å². The fraction of sp³-hybridized carbons (Fsp3) is 0.148. The summed E-state index contributed by atoms with van der Waals surface area (Å²) in [6, 6.07) is 21.2. The number of aryl methyl sites for hydroxylation is 1. The van der Waals surface area contributed by atoms with Crippen LogP contribution in [0.3, 0.4) is 0 Å². The van der Waals surface area contributed by atoms with Gasteiger partial charge < -0.3 is 9.88 Å². The third-order valence-electron chi connectivity index (χ3n) is 5.99. The Morgan fingerprint density at radius 3 is 2.20 bits per heavy atom. The predicted octanol–water partition coefficient (Wildman–Crippen LogP) is 3.59. The van der Waals surface area contributed by atoms with Crippen molar-refractivity contribution in [2.45, 2.75) is 20.4 Å². The molecule has 0 spiro atoms. The number of rotatable bonds is 5. The number of fused-ring (bicyclic) bond motifs is 2. The topological polar surface area (TPSA) is 101 Å². The second-order valence-electron chi connectivity index (χ2n) is 8.21. The number of benzene rings is 3. The molecule has 0 unspecified atom stereocenters. The quantitative estimate of drug-likeness (QED) is 0.428. The molecular weight excluding hydrogens is 442 g/mol. The molecule has 2 aromatic heterocycles. The van der Waals surface area contributed by atoms with E-state index in [1.54, 1.807) is 60.4 Å². The summed E-state index contributed by atoms with van der Waals surface area (Å²) in [6.07, 6.45) is 0. The van der Waals surface area contributed by atoms with Crippen molar-refractivity contribution in [3.05, 3.63) is 111 Å². The second-order valence-corrected chi connectivity index (χ2v) is 8.21. The SMILES string of the molecule is CCN(Cc1nc2ccccc2c(=O)[nH]1)C(=O)c1ccc(-n2c(C)nc3ccccc3c2=O)cc1. The highest BCUT2D eigenvalue weighted by Gasteiger charge is 2.17. The number of nitrogens with zero attached hydrogens (tertiary/aromatic N) is 4. The average molecular weight is 466 g/mol. The van der Waals surface area contributed by atoms with Gasteiger partial charge in [0.1, 0.15) is 11.6 Å². The van der Waals surface area contributed by atoms with Crippen LogP contribution >= 0.6 is 0 Å². The van der Waals surface area contributed by atoms with E-state index in [0.717, 1.165) is 0 Å². The van der Waals surface area contributed by atoms with Crippen molar-refractivity contribution in [2.24, 2.45) is 0 Å². The highest BCUT2D eigenvalue weighted by atomic mass is 16.2. The van der Waals surface area contributed by atoms with E-state index in [1.165, 1.54) is 4.57 Å². The maximum absolute atomic E-state index is 13.2. The average Bonchev–Trinajstić information content (AvgIpc) is 2.87. The molecule has 3 aromatic carbocycles. The molecule has 0 aliphatic carbocycles. The standard InChI is InChI=1S/C27H23N5O3/c1-3-31(16-24-29-22-10-6-4-8-20(22)25(33)30-24)26(34)18-12-14-19(15-13-18)32-17(2)28-23-11-7-5-9-21(23)27(32)35/h4-15H,3,16H2,1-2H3,(H,29,30,33). The zero-order valence-electron chi connectivity index (χ0n) is 19.4. The molecular formula is C27H23N5O3. The van der Waals surface area contributed by atoms with Gasteiger partial charge in [0, 0.05) is 12.1 Å². The Labute approximate surface area is 200 Å². The van der Waals surface area contributed by atoms with Gasteiger partial charge in [-0.1, -0.05) is 24.3 Å². The lowest BCUT2D eigenvalue weighted by Crippen LogP contribution is -2.32. The first-order valence-electron chi connectivity index (χ1n) is 11.3. The van der Waals surface area contributed by atoms with E-state index in [4.69, 9.17) is 0 Å².